The fraction of sp³-hybridized carbons (Fsp3) is 0.429. The molecule has 0 aliphatic rings. The minimum Gasteiger partial charge on any atom is -0.480 e. The van der Waals surface area contributed by atoms with E-state index in [9.17, 15) is 22.8 Å². The van der Waals surface area contributed by atoms with Crippen molar-refractivity contribution in [3.8, 4) is 5.75 Å². The van der Waals surface area contributed by atoms with Crippen LogP contribution in [-0.2, 0) is 16.0 Å². The molecule has 0 bridgehead atoms. The average Bonchev–Trinajstić information content (AvgIpc) is 2.33. The van der Waals surface area contributed by atoms with Crippen molar-refractivity contribution < 1.29 is 32.6 Å². The maximum atomic E-state index is 12.2. The largest absolute Gasteiger partial charge is 0.573 e. The number of hydrogen-bond acceptors (Lipinski definition) is 3. The van der Waals surface area contributed by atoms with Crippen LogP contribution in [0.25, 0.3) is 0 Å². The van der Waals surface area contributed by atoms with Crippen molar-refractivity contribution >= 4 is 11.9 Å². The van der Waals surface area contributed by atoms with E-state index < -0.39 is 30.5 Å². The Labute approximate surface area is 125 Å². The highest BCUT2D eigenvalue weighted by atomic mass is 19.4. The van der Waals surface area contributed by atoms with E-state index in [4.69, 9.17) is 5.11 Å². The number of nitrogens with zero attached hydrogens (tertiary/aromatic N) is 1. The number of carbonyl (C=O) groups excluding carboxylic acids is 1. The first-order valence-electron chi connectivity index (χ1n) is 6.44. The molecule has 1 N–H and O–H groups in total. The summed E-state index contributed by atoms with van der Waals surface area (Å²) in [4.78, 5) is 24.0. The molecule has 8 heteroatoms. The van der Waals surface area contributed by atoms with Gasteiger partial charge in [0.25, 0.3) is 0 Å². The molecule has 22 heavy (non-hydrogen) atoms. The number of rotatable bonds is 6. The molecule has 5 nitrogen and oxygen atoms in total. The monoisotopic (exact) mass is 319 g/mol. The van der Waals surface area contributed by atoms with Crippen LogP contribution in [0.5, 0.6) is 5.75 Å². The van der Waals surface area contributed by atoms with Crippen LogP contribution >= 0.6 is 0 Å². The Balaban J connectivity index is 2.82. The number of carboxylic acid groups (broad SMARTS) is 1. The summed E-state index contributed by atoms with van der Waals surface area (Å²) in [5, 5.41) is 8.78. The Morgan fingerprint density at radius 2 is 1.95 bits per heavy atom. The average molecular weight is 319 g/mol. The van der Waals surface area contributed by atoms with Crippen LogP contribution in [0.15, 0.2) is 24.3 Å². The van der Waals surface area contributed by atoms with Gasteiger partial charge in [-0.15, -0.1) is 13.2 Å². The van der Waals surface area contributed by atoms with Crippen molar-refractivity contribution in [3.63, 3.8) is 0 Å². The zero-order chi connectivity index (χ0) is 16.9. The van der Waals surface area contributed by atoms with Gasteiger partial charge < -0.3 is 14.7 Å². The number of carbonyl (C=O) groups is 2. The second kappa shape index (κ2) is 7.15. The predicted molar refractivity (Wildman–Crippen MR) is 71.3 cm³/mol. The van der Waals surface area contributed by atoms with Gasteiger partial charge in [0.05, 0.1) is 6.42 Å². The minimum atomic E-state index is -4.81. The van der Waals surface area contributed by atoms with Crippen molar-refractivity contribution in [2.75, 3.05) is 6.54 Å². The van der Waals surface area contributed by atoms with Crippen LogP contribution in [0.3, 0.4) is 0 Å². The molecule has 0 heterocycles. The first-order chi connectivity index (χ1) is 10.1. The maximum Gasteiger partial charge on any atom is 0.573 e. The molecular formula is C14H16F3NO4. The smallest absolute Gasteiger partial charge is 0.480 e. The van der Waals surface area contributed by atoms with Crippen LogP contribution in [0.1, 0.15) is 19.4 Å². The maximum absolute atomic E-state index is 12.2. The van der Waals surface area contributed by atoms with Crippen LogP contribution < -0.4 is 4.74 Å². The van der Waals surface area contributed by atoms with Gasteiger partial charge in [-0.05, 0) is 31.5 Å². The zero-order valence-electron chi connectivity index (χ0n) is 12.1. The summed E-state index contributed by atoms with van der Waals surface area (Å²) in [5.41, 5.74) is 0.308. The summed E-state index contributed by atoms with van der Waals surface area (Å²) >= 11 is 0. The van der Waals surface area contributed by atoms with Gasteiger partial charge in [-0.1, -0.05) is 12.1 Å². The number of amides is 1. The van der Waals surface area contributed by atoms with Gasteiger partial charge in [-0.25, -0.2) is 0 Å². The summed E-state index contributed by atoms with van der Waals surface area (Å²) in [6.07, 6.45) is -5.02. The molecule has 0 saturated heterocycles. The molecule has 122 valence electrons. The van der Waals surface area contributed by atoms with Gasteiger partial charge in [0.15, 0.2) is 0 Å². The molecule has 0 fully saturated rings. The highest BCUT2D eigenvalue weighted by Gasteiger charge is 2.31. The van der Waals surface area contributed by atoms with E-state index in [0.717, 1.165) is 17.0 Å². The molecule has 0 aliphatic carbocycles. The van der Waals surface area contributed by atoms with Crippen LogP contribution in [0, 0.1) is 0 Å². The highest BCUT2D eigenvalue weighted by Crippen LogP contribution is 2.23. The summed E-state index contributed by atoms with van der Waals surface area (Å²) in [6.45, 7) is 2.85. The molecule has 1 amide bonds. The molecule has 0 spiro atoms. The molecule has 1 rings (SSSR count). The predicted octanol–water partition coefficient (Wildman–Crippen LogP) is 2.45. The number of alkyl halides is 3. The lowest BCUT2D eigenvalue weighted by molar-refractivity contribution is -0.274. The third kappa shape index (κ3) is 6.02. The number of hydrogen-bond donors (Lipinski definition) is 1. The molecule has 0 unspecified atom stereocenters. The Bertz CT molecular complexity index is 543. The molecule has 0 aliphatic heterocycles. The fourth-order valence-corrected chi connectivity index (χ4v) is 1.83. The lowest BCUT2D eigenvalue weighted by Gasteiger charge is -2.25. The Morgan fingerprint density at radius 3 is 2.45 bits per heavy atom. The number of benzene rings is 1. The normalized spacial score (nSPS) is 11.4. The van der Waals surface area contributed by atoms with E-state index in [1.54, 1.807) is 13.8 Å². The highest BCUT2D eigenvalue weighted by molar-refractivity contribution is 5.83. The Morgan fingerprint density at radius 1 is 1.32 bits per heavy atom. The van der Waals surface area contributed by atoms with Gasteiger partial charge in [-0.3, -0.25) is 9.59 Å². The van der Waals surface area contributed by atoms with Gasteiger partial charge in [-0.2, -0.15) is 0 Å². The molecule has 0 aromatic heterocycles. The first kappa shape index (κ1) is 17.8. The molecule has 1 aromatic rings. The first-order valence-corrected chi connectivity index (χ1v) is 6.44. The SMILES string of the molecule is CC(C)N(CC(=O)O)C(=O)Cc1cccc(OC(F)(F)F)c1. The zero-order valence-corrected chi connectivity index (χ0v) is 12.1. The van der Waals surface area contributed by atoms with E-state index in [1.165, 1.54) is 12.1 Å². The lowest BCUT2D eigenvalue weighted by Crippen LogP contribution is -2.41. The van der Waals surface area contributed by atoms with Crippen LogP contribution in [0.4, 0.5) is 13.2 Å². The van der Waals surface area contributed by atoms with Crippen molar-refractivity contribution in [2.24, 2.45) is 0 Å². The molecule has 0 radical (unpaired) electrons. The van der Waals surface area contributed by atoms with E-state index in [2.05, 4.69) is 4.74 Å². The van der Waals surface area contributed by atoms with E-state index >= 15 is 0 Å². The van der Waals surface area contributed by atoms with Gasteiger partial charge in [0.2, 0.25) is 5.91 Å². The summed E-state index contributed by atoms with van der Waals surface area (Å²) in [5.74, 6) is -2.06. The molecular weight excluding hydrogens is 303 g/mol. The van der Waals surface area contributed by atoms with Crippen LogP contribution in [0.2, 0.25) is 0 Å². The fourth-order valence-electron chi connectivity index (χ4n) is 1.83. The quantitative estimate of drug-likeness (QED) is 0.874. The van der Waals surface area contributed by atoms with E-state index in [1.807, 2.05) is 0 Å². The Hall–Kier alpha value is -2.25. The third-order valence-electron chi connectivity index (χ3n) is 2.74. The molecule has 1 aromatic carbocycles. The van der Waals surface area contributed by atoms with Crippen molar-refractivity contribution in [3.05, 3.63) is 29.8 Å². The number of ether oxygens (including phenoxy) is 1. The van der Waals surface area contributed by atoms with Gasteiger partial charge in [0.1, 0.15) is 12.3 Å². The van der Waals surface area contributed by atoms with Crippen molar-refractivity contribution in [1.82, 2.24) is 4.90 Å². The third-order valence-corrected chi connectivity index (χ3v) is 2.74. The number of carboxylic acids is 1. The van der Waals surface area contributed by atoms with E-state index in [0.29, 0.717) is 5.56 Å². The van der Waals surface area contributed by atoms with E-state index in [-0.39, 0.29) is 12.5 Å². The lowest BCUT2D eigenvalue weighted by atomic mass is 10.1. The summed E-state index contributed by atoms with van der Waals surface area (Å²) < 4.78 is 40.2. The van der Waals surface area contributed by atoms with Crippen LogP contribution in [-0.4, -0.2) is 40.8 Å². The minimum absolute atomic E-state index is 0.208. The molecule has 0 saturated carbocycles. The van der Waals surface area contributed by atoms with Crippen molar-refractivity contribution in [1.29, 1.82) is 0 Å². The standard InChI is InChI=1S/C14H16F3NO4/c1-9(2)18(8-13(20)21)12(19)7-10-4-3-5-11(6-10)22-14(15,16)17/h3-6,9H,7-8H2,1-2H3,(H,20,21). The number of aliphatic carboxylic acids is 1. The summed E-state index contributed by atoms with van der Waals surface area (Å²) in [6, 6.07) is 4.70. The second-order valence-electron chi connectivity index (χ2n) is 4.88. The summed E-state index contributed by atoms with van der Waals surface area (Å²) in [7, 11) is 0. The van der Waals surface area contributed by atoms with Gasteiger partial charge in [0, 0.05) is 6.04 Å². The number of halogens is 3. The van der Waals surface area contributed by atoms with Crippen molar-refractivity contribution in [2.45, 2.75) is 32.7 Å². The topological polar surface area (TPSA) is 66.8 Å². The second-order valence-corrected chi connectivity index (χ2v) is 4.88. The molecule has 0 atom stereocenters. The Kier molecular flexibility index (Phi) is 5.78. The van der Waals surface area contributed by atoms with Gasteiger partial charge >= 0.3 is 12.3 Å².